The number of nitrogens with zero attached hydrogens (tertiary/aromatic N) is 4. The number of methoxy groups -OCH3 is 1. The second-order valence-electron chi connectivity index (χ2n) is 9.13. The van der Waals surface area contributed by atoms with Gasteiger partial charge in [0, 0.05) is 87.1 Å². The van der Waals surface area contributed by atoms with E-state index in [0.29, 0.717) is 12.0 Å². The van der Waals surface area contributed by atoms with Gasteiger partial charge in [0.15, 0.2) is 0 Å². The monoisotopic (exact) mass is 457 g/mol. The summed E-state index contributed by atoms with van der Waals surface area (Å²) in [7, 11) is 1.76. The first-order valence-corrected chi connectivity index (χ1v) is 11.9. The van der Waals surface area contributed by atoms with E-state index in [-0.39, 0.29) is 0 Å². The Labute approximate surface area is 200 Å². The average Bonchev–Trinajstić information content (AvgIpc) is 3.22. The molecule has 1 amide bonds. The summed E-state index contributed by atoms with van der Waals surface area (Å²) in [6.07, 6.45) is 3.54. The Balaban J connectivity index is 1.40. The molecule has 1 fully saturated rings. The number of primary amides is 1. The van der Waals surface area contributed by atoms with Gasteiger partial charge in [-0.2, -0.15) is 0 Å². The van der Waals surface area contributed by atoms with Crippen LogP contribution in [0.15, 0.2) is 42.6 Å². The number of carbonyl (C=O) groups is 1. The number of rotatable bonds is 7. The minimum Gasteiger partial charge on any atom is -0.385 e. The summed E-state index contributed by atoms with van der Waals surface area (Å²) >= 11 is 0. The largest absolute Gasteiger partial charge is 0.385 e. The number of ether oxygens (including phenoxy) is 1. The Bertz CT molecular complexity index is 1200. The number of amides is 1. The van der Waals surface area contributed by atoms with Crippen molar-refractivity contribution < 1.29 is 9.53 Å². The van der Waals surface area contributed by atoms with Gasteiger partial charge < -0.3 is 15.4 Å². The Kier molecular flexibility index (Phi) is 6.30. The Morgan fingerprint density at radius 2 is 1.94 bits per heavy atom. The molecule has 176 valence electrons. The van der Waals surface area contributed by atoms with Crippen molar-refractivity contribution in [2.75, 3.05) is 51.3 Å². The number of anilines is 1. The van der Waals surface area contributed by atoms with Gasteiger partial charge in [-0.15, -0.1) is 0 Å². The molecule has 3 heterocycles. The fraction of sp³-hybridized carbons (Fsp3) is 0.370. The maximum absolute atomic E-state index is 12.3. The molecule has 2 N–H and O–H groups in total. The van der Waals surface area contributed by atoms with Crippen molar-refractivity contribution in [1.29, 1.82) is 0 Å². The van der Waals surface area contributed by atoms with Crippen molar-refractivity contribution >= 4 is 11.6 Å². The van der Waals surface area contributed by atoms with Crippen molar-refractivity contribution in [3.8, 4) is 22.5 Å². The van der Waals surface area contributed by atoms with Crippen molar-refractivity contribution in [3.05, 3.63) is 65.0 Å². The van der Waals surface area contributed by atoms with Gasteiger partial charge in [0.25, 0.3) is 0 Å². The van der Waals surface area contributed by atoms with Gasteiger partial charge in [-0.05, 0) is 54.8 Å². The molecule has 1 saturated heterocycles. The number of hydrogen-bond donors (Lipinski definition) is 1. The highest BCUT2D eigenvalue weighted by Crippen LogP contribution is 2.40. The predicted molar refractivity (Wildman–Crippen MR) is 134 cm³/mol. The van der Waals surface area contributed by atoms with Crippen LogP contribution in [-0.4, -0.2) is 67.2 Å². The third kappa shape index (κ3) is 4.41. The van der Waals surface area contributed by atoms with Gasteiger partial charge >= 0.3 is 0 Å². The summed E-state index contributed by atoms with van der Waals surface area (Å²) in [5.41, 5.74) is 14.2. The minimum atomic E-state index is -0.419. The predicted octanol–water partition coefficient (Wildman–Crippen LogP) is 3.28. The fourth-order valence-electron chi connectivity index (χ4n) is 4.97. The van der Waals surface area contributed by atoms with E-state index in [2.05, 4.69) is 33.0 Å². The van der Waals surface area contributed by atoms with Crippen LogP contribution < -0.4 is 10.6 Å². The highest BCUT2D eigenvalue weighted by atomic mass is 16.5. The first-order chi connectivity index (χ1) is 16.5. The smallest absolute Gasteiger partial charge is 0.249 e. The van der Waals surface area contributed by atoms with E-state index in [9.17, 15) is 4.79 Å². The third-order valence-corrected chi connectivity index (χ3v) is 6.87. The molecule has 3 aromatic rings. The maximum atomic E-state index is 12.3. The number of hydrogen-bond acceptors (Lipinski definition) is 6. The zero-order chi connectivity index (χ0) is 23.7. The van der Waals surface area contributed by atoms with Crippen LogP contribution in [-0.2, 0) is 11.2 Å². The van der Waals surface area contributed by atoms with E-state index in [4.69, 9.17) is 15.5 Å². The maximum Gasteiger partial charge on any atom is 0.249 e. The van der Waals surface area contributed by atoms with Gasteiger partial charge in [0.2, 0.25) is 5.91 Å². The van der Waals surface area contributed by atoms with Gasteiger partial charge in [-0.3, -0.25) is 14.7 Å². The lowest BCUT2D eigenvalue weighted by atomic mass is 10.0. The van der Waals surface area contributed by atoms with Crippen LogP contribution in [0, 0.1) is 6.92 Å². The SMILES string of the molecule is COCCCN1CCN(c2ccc3c(c2)Cc2c(C(N)=O)cc(-c4ccc(C)nc4)nc2-3)CC1. The molecule has 0 atom stereocenters. The van der Waals surface area contributed by atoms with E-state index >= 15 is 0 Å². The minimum absolute atomic E-state index is 0.419. The normalized spacial score (nSPS) is 15.3. The quantitative estimate of drug-likeness (QED) is 0.429. The van der Waals surface area contributed by atoms with Crippen LogP contribution in [0.25, 0.3) is 22.5 Å². The summed E-state index contributed by atoms with van der Waals surface area (Å²) < 4.78 is 5.18. The van der Waals surface area contributed by atoms with Crippen LogP contribution in [0.5, 0.6) is 0 Å². The van der Waals surface area contributed by atoms with Crippen molar-refractivity contribution in [2.45, 2.75) is 19.8 Å². The lowest BCUT2D eigenvalue weighted by Gasteiger charge is -2.36. The molecule has 0 saturated carbocycles. The Morgan fingerprint density at radius 1 is 1.12 bits per heavy atom. The molecule has 34 heavy (non-hydrogen) atoms. The van der Waals surface area contributed by atoms with E-state index < -0.39 is 5.91 Å². The molecular formula is C27H31N5O2. The van der Waals surface area contributed by atoms with E-state index in [1.165, 1.54) is 11.3 Å². The zero-order valence-electron chi connectivity index (χ0n) is 19.9. The van der Waals surface area contributed by atoms with Gasteiger partial charge in [-0.25, -0.2) is 4.98 Å². The number of carbonyl (C=O) groups excluding carboxylic acids is 1. The average molecular weight is 458 g/mol. The molecule has 2 aliphatic rings. The fourth-order valence-corrected chi connectivity index (χ4v) is 4.97. The Morgan fingerprint density at radius 3 is 2.65 bits per heavy atom. The summed E-state index contributed by atoms with van der Waals surface area (Å²) in [5, 5.41) is 0. The van der Waals surface area contributed by atoms with E-state index in [1.807, 2.05) is 25.1 Å². The zero-order valence-corrected chi connectivity index (χ0v) is 19.9. The van der Waals surface area contributed by atoms with Gasteiger partial charge in [0.05, 0.1) is 11.4 Å². The number of piperazine rings is 1. The van der Waals surface area contributed by atoms with Gasteiger partial charge in [0.1, 0.15) is 0 Å². The molecule has 0 spiro atoms. The summed E-state index contributed by atoms with van der Waals surface area (Å²) in [5.74, 6) is -0.419. The van der Waals surface area contributed by atoms with E-state index in [0.717, 1.165) is 79.5 Å². The molecule has 1 aliphatic carbocycles. The second-order valence-corrected chi connectivity index (χ2v) is 9.13. The van der Waals surface area contributed by atoms with E-state index in [1.54, 1.807) is 13.3 Å². The summed E-state index contributed by atoms with van der Waals surface area (Å²) in [4.78, 5) is 26.6. The van der Waals surface area contributed by atoms with Crippen molar-refractivity contribution in [1.82, 2.24) is 14.9 Å². The molecular weight excluding hydrogens is 426 g/mol. The van der Waals surface area contributed by atoms with Crippen LogP contribution >= 0.6 is 0 Å². The number of aryl methyl sites for hydroxylation is 1. The molecule has 0 unspecified atom stereocenters. The number of fused-ring (bicyclic) bond motifs is 3. The first-order valence-electron chi connectivity index (χ1n) is 11.9. The standard InChI is InChI=1S/C27H31N5O2/c1-18-4-5-19(17-29-18)25-16-24(27(28)33)23-15-20-14-21(6-7-22(20)26(23)30-25)32-11-9-31(10-12-32)8-3-13-34-2/h4-7,14,16-17H,3,8-13,15H2,1-2H3,(H2,28,33). The van der Waals surface area contributed by atoms with Crippen LogP contribution in [0.3, 0.4) is 0 Å². The topological polar surface area (TPSA) is 84.6 Å². The van der Waals surface area contributed by atoms with Crippen molar-refractivity contribution in [2.24, 2.45) is 5.73 Å². The molecule has 1 aromatic carbocycles. The third-order valence-electron chi connectivity index (χ3n) is 6.87. The molecule has 5 rings (SSSR count). The number of benzene rings is 1. The van der Waals surface area contributed by atoms with Crippen LogP contribution in [0.2, 0.25) is 0 Å². The molecule has 7 nitrogen and oxygen atoms in total. The summed E-state index contributed by atoms with van der Waals surface area (Å²) in [6.45, 7) is 7.98. The van der Waals surface area contributed by atoms with Gasteiger partial charge in [-0.1, -0.05) is 6.07 Å². The molecule has 2 aromatic heterocycles. The first kappa shape index (κ1) is 22.5. The highest BCUT2D eigenvalue weighted by Gasteiger charge is 2.27. The molecule has 1 aliphatic heterocycles. The number of pyridine rings is 2. The van der Waals surface area contributed by atoms with Crippen molar-refractivity contribution in [3.63, 3.8) is 0 Å². The lowest BCUT2D eigenvalue weighted by molar-refractivity contribution is 0.0999. The molecule has 0 radical (unpaired) electrons. The Hall–Kier alpha value is -3.29. The summed E-state index contributed by atoms with van der Waals surface area (Å²) in [6, 6.07) is 12.3. The van der Waals surface area contributed by atoms with Crippen LogP contribution in [0.4, 0.5) is 5.69 Å². The molecule has 7 heteroatoms. The number of aromatic nitrogens is 2. The van der Waals surface area contributed by atoms with Crippen LogP contribution in [0.1, 0.15) is 33.6 Å². The second kappa shape index (κ2) is 9.52. The lowest BCUT2D eigenvalue weighted by Crippen LogP contribution is -2.46. The number of nitrogens with two attached hydrogens (primary N) is 1. The highest BCUT2D eigenvalue weighted by molar-refractivity contribution is 5.98. The molecule has 0 bridgehead atoms.